The number of halogens is 1. The molecule has 0 saturated carbocycles. The van der Waals surface area contributed by atoms with Gasteiger partial charge in [-0.25, -0.2) is 13.1 Å². The normalized spacial score (nSPS) is 24.8. The first-order chi connectivity index (χ1) is 9.85. The molecule has 130 valence electrons. The summed E-state index contributed by atoms with van der Waals surface area (Å²) in [4.78, 5) is 14.1. The Balaban J connectivity index is 0.00000242. The molecule has 0 spiro atoms. The predicted molar refractivity (Wildman–Crippen MR) is 89.6 cm³/mol. The average Bonchev–Trinajstić information content (AvgIpc) is 2.86. The molecule has 0 aliphatic carbocycles. The van der Waals surface area contributed by atoms with Crippen LogP contribution in [0.3, 0.4) is 0 Å². The van der Waals surface area contributed by atoms with Crippen LogP contribution in [-0.4, -0.2) is 57.7 Å². The molecule has 6 nitrogen and oxygen atoms in total. The summed E-state index contributed by atoms with van der Waals surface area (Å²) >= 11 is 0. The van der Waals surface area contributed by atoms with Crippen LogP contribution in [0.2, 0.25) is 0 Å². The maximum Gasteiger partial charge on any atom is 0.222 e. The van der Waals surface area contributed by atoms with Crippen LogP contribution >= 0.6 is 12.4 Å². The Kier molecular flexibility index (Phi) is 7.58. The molecule has 0 aromatic rings. The van der Waals surface area contributed by atoms with E-state index < -0.39 is 10.0 Å². The SMILES string of the molecule is CC(CC(=O)N1CCC(NS(C)(=O)=O)C1)C1CCNCC1.Cl. The molecular formula is C14H28ClN3O3S. The summed E-state index contributed by atoms with van der Waals surface area (Å²) in [7, 11) is -3.19. The van der Waals surface area contributed by atoms with Crippen LogP contribution in [0.4, 0.5) is 0 Å². The van der Waals surface area contributed by atoms with E-state index in [1.54, 1.807) is 4.90 Å². The number of nitrogens with one attached hydrogen (secondary N) is 2. The highest BCUT2D eigenvalue weighted by molar-refractivity contribution is 7.88. The van der Waals surface area contributed by atoms with Gasteiger partial charge >= 0.3 is 0 Å². The molecule has 22 heavy (non-hydrogen) atoms. The van der Waals surface area contributed by atoms with Gasteiger partial charge in [-0.1, -0.05) is 6.92 Å². The van der Waals surface area contributed by atoms with Gasteiger partial charge in [-0.3, -0.25) is 4.79 Å². The first-order valence-corrected chi connectivity index (χ1v) is 9.70. The number of carbonyl (C=O) groups excluding carboxylic acids is 1. The summed E-state index contributed by atoms with van der Waals surface area (Å²) in [5.41, 5.74) is 0. The molecule has 2 atom stereocenters. The van der Waals surface area contributed by atoms with Gasteiger partial charge in [0.2, 0.25) is 15.9 Å². The number of piperidine rings is 1. The fourth-order valence-electron chi connectivity index (χ4n) is 3.37. The van der Waals surface area contributed by atoms with Gasteiger partial charge < -0.3 is 10.2 Å². The summed E-state index contributed by atoms with van der Waals surface area (Å²) in [6.07, 6.45) is 4.74. The summed E-state index contributed by atoms with van der Waals surface area (Å²) in [5, 5.41) is 3.35. The van der Waals surface area contributed by atoms with Crippen molar-refractivity contribution in [1.82, 2.24) is 14.9 Å². The Morgan fingerprint density at radius 1 is 1.32 bits per heavy atom. The largest absolute Gasteiger partial charge is 0.341 e. The molecule has 1 amide bonds. The molecule has 2 heterocycles. The van der Waals surface area contributed by atoms with Gasteiger partial charge in [0.05, 0.1) is 6.26 Å². The van der Waals surface area contributed by atoms with E-state index in [1.807, 2.05) is 0 Å². The lowest BCUT2D eigenvalue weighted by Gasteiger charge is -2.29. The van der Waals surface area contributed by atoms with Gasteiger partial charge in [0, 0.05) is 25.6 Å². The van der Waals surface area contributed by atoms with Gasteiger partial charge in [0.25, 0.3) is 0 Å². The summed E-state index contributed by atoms with van der Waals surface area (Å²) < 4.78 is 25.0. The number of hydrogen-bond donors (Lipinski definition) is 2. The van der Waals surface area contributed by atoms with Crippen molar-refractivity contribution in [3.63, 3.8) is 0 Å². The molecule has 2 saturated heterocycles. The zero-order valence-electron chi connectivity index (χ0n) is 13.4. The number of sulfonamides is 1. The van der Waals surface area contributed by atoms with Gasteiger partial charge in [-0.15, -0.1) is 12.4 Å². The Labute approximate surface area is 139 Å². The first-order valence-electron chi connectivity index (χ1n) is 7.81. The monoisotopic (exact) mass is 353 g/mol. The fraction of sp³-hybridized carbons (Fsp3) is 0.929. The van der Waals surface area contributed by atoms with Crippen LogP contribution in [0.1, 0.15) is 32.6 Å². The van der Waals surface area contributed by atoms with E-state index in [9.17, 15) is 13.2 Å². The van der Waals surface area contributed by atoms with Crippen molar-refractivity contribution < 1.29 is 13.2 Å². The molecule has 2 aliphatic heterocycles. The molecule has 0 aromatic carbocycles. The number of nitrogens with zero attached hydrogens (tertiary/aromatic N) is 1. The number of carbonyl (C=O) groups is 1. The minimum absolute atomic E-state index is 0. The first kappa shape index (κ1) is 19.7. The van der Waals surface area contributed by atoms with Crippen molar-refractivity contribution in [1.29, 1.82) is 0 Å². The molecule has 0 bridgehead atoms. The van der Waals surface area contributed by atoms with Crippen LogP contribution in [-0.2, 0) is 14.8 Å². The van der Waals surface area contributed by atoms with Crippen LogP contribution in [0.25, 0.3) is 0 Å². The molecule has 0 radical (unpaired) electrons. The minimum atomic E-state index is -3.19. The molecular weight excluding hydrogens is 326 g/mol. The number of amides is 1. The van der Waals surface area contributed by atoms with E-state index in [-0.39, 0.29) is 24.4 Å². The lowest BCUT2D eigenvalue weighted by atomic mass is 9.84. The number of likely N-dealkylation sites (tertiary alicyclic amines) is 1. The number of rotatable bonds is 5. The third kappa shape index (κ3) is 6.02. The molecule has 0 aromatic heterocycles. The quantitative estimate of drug-likeness (QED) is 0.758. The van der Waals surface area contributed by atoms with Crippen molar-refractivity contribution in [2.45, 2.75) is 38.6 Å². The van der Waals surface area contributed by atoms with E-state index in [0.717, 1.165) is 32.2 Å². The summed E-state index contributed by atoms with van der Waals surface area (Å²) in [6.45, 7) is 5.42. The van der Waals surface area contributed by atoms with Crippen molar-refractivity contribution in [2.75, 3.05) is 32.4 Å². The second kappa shape index (κ2) is 8.47. The molecule has 8 heteroatoms. The van der Waals surface area contributed by atoms with E-state index >= 15 is 0 Å². The van der Waals surface area contributed by atoms with Crippen LogP contribution < -0.4 is 10.0 Å². The van der Waals surface area contributed by atoms with Crippen molar-refractivity contribution in [2.24, 2.45) is 11.8 Å². The topological polar surface area (TPSA) is 78.5 Å². The highest BCUT2D eigenvalue weighted by Crippen LogP contribution is 2.25. The van der Waals surface area contributed by atoms with E-state index in [1.165, 1.54) is 0 Å². The molecule has 2 fully saturated rings. The van der Waals surface area contributed by atoms with E-state index in [0.29, 0.717) is 37.8 Å². The Hall–Kier alpha value is -0.370. The molecule has 2 N–H and O–H groups in total. The van der Waals surface area contributed by atoms with Crippen LogP contribution in [0, 0.1) is 11.8 Å². The predicted octanol–water partition coefficient (Wildman–Crippen LogP) is 0.584. The maximum atomic E-state index is 12.3. The Morgan fingerprint density at radius 2 is 1.95 bits per heavy atom. The van der Waals surface area contributed by atoms with Gasteiger partial charge in [-0.2, -0.15) is 0 Å². The Bertz CT molecular complexity index is 466. The second-order valence-electron chi connectivity index (χ2n) is 6.48. The smallest absolute Gasteiger partial charge is 0.222 e. The number of hydrogen-bond acceptors (Lipinski definition) is 4. The van der Waals surface area contributed by atoms with Crippen molar-refractivity contribution >= 4 is 28.3 Å². The van der Waals surface area contributed by atoms with Gasteiger partial charge in [0.1, 0.15) is 0 Å². The average molecular weight is 354 g/mol. The lowest BCUT2D eigenvalue weighted by molar-refractivity contribution is -0.131. The highest BCUT2D eigenvalue weighted by Gasteiger charge is 2.30. The fourth-order valence-corrected chi connectivity index (χ4v) is 4.17. The third-order valence-corrected chi connectivity index (χ3v) is 5.37. The maximum absolute atomic E-state index is 12.3. The Morgan fingerprint density at radius 3 is 2.55 bits per heavy atom. The van der Waals surface area contributed by atoms with Crippen molar-refractivity contribution in [3.05, 3.63) is 0 Å². The van der Waals surface area contributed by atoms with Gasteiger partial charge in [0.15, 0.2) is 0 Å². The standard InChI is InChI=1S/C14H27N3O3S.ClH/c1-11(12-3-6-15-7-4-12)9-14(18)17-8-5-13(10-17)16-21(2,19)20;/h11-13,15-16H,3-10H2,1-2H3;1H. The second-order valence-corrected chi connectivity index (χ2v) is 8.26. The molecule has 2 rings (SSSR count). The molecule has 2 aliphatic rings. The summed E-state index contributed by atoms with van der Waals surface area (Å²) in [5.74, 6) is 1.20. The van der Waals surface area contributed by atoms with Gasteiger partial charge in [-0.05, 0) is 44.2 Å². The van der Waals surface area contributed by atoms with Crippen molar-refractivity contribution in [3.8, 4) is 0 Å². The third-order valence-electron chi connectivity index (χ3n) is 4.61. The zero-order chi connectivity index (χ0) is 15.5. The molecule has 2 unspecified atom stereocenters. The van der Waals surface area contributed by atoms with Crippen LogP contribution in [0.5, 0.6) is 0 Å². The lowest BCUT2D eigenvalue weighted by Crippen LogP contribution is -2.39. The van der Waals surface area contributed by atoms with E-state index in [4.69, 9.17) is 0 Å². The van der Waals surface area contributed by atoms with Crippen LogP contribution in [0.15, 0.2) is 0 Å². The minimum Gasteiger partial charge on any atom is -0.341 e. The van der Waals surface area contributed by atoms with E-state index in [2.05, 4.69) is 17.0 Å². The zero-order valence-corrected chi connectivity index (χ0v) is 15.0. The summed E-state index contributed by atoms with van der Waals surface area (Å²) in [6, 6.07) is -0.127. The highest BCUT2D eigenvalue weighted by atomic mass is 35.5.